The average molecular weight is 196 g/mol. The zero-order valence-electron chi connectivity index (χ0n) is 8.16. The molecule has 0 aliphatic carbocycles. The van der Waals surface area contributed by atoms with Gasteiger partial charge >= 0.3 is 11.2 Å². The average Bonchev–Trinajstić information content (AvgIpc) is 2.09. The van der Waals surface area contributed by atoms with Crippen LogP contribution in [0.3, 0.4) is 0 Å². The minimum Gasteiger partial charge on any atom is -0.320 e. The number of hydrogen-bond acceptors (Lipinski definition) is 3. The summed E-state index contributed by atoms with van der Waals surface area (Å²) < 4.78 is 0. The van der Waals surface area contributed by atoms with Gasteiger partial charge in [0, 0.05) is 11.8 Å². The van der Waals surface area contributed by atoms with Crippen LogP contribution in [0, 0.1) is 17.0 Å². The molecule has 0 amide bonds. The highest BCUT2D eigenvalue weighted by molar-refractivity contribution is 5.33. The lowest BCUT2D eigenvalue weighted by Crippen LogP contribution is -2.14. The minimum absolute atomic E-state index is 0.376. The third kappa shape index (κ3) is 1.99. The molecular weight excluding hydrogens is 184 g/mol. The summed E-state index contributed by atoms with van der Waals surface area (Å²) in [6.45, 7) is 3.73. The highest BCUT2D eigenvalue weighted by Gasteiger charge is 2.14. The van der Waals surface area contributed by atoms with Gasteiger partial charge in [-0.15, -0.1) is 0 Å². The first-order chi connectivity index (χ1) is 6.56. The molecule has 0 unspecified atom stereocenters. The number of nitrogens with one attached hydrogen (secondary N) is 1. The van der Waals surface area contributed by atoms with Crippen LogP contribution in [-0.4, -0.2) is 9.91 Å². The molecule has 0 aromatic carbocycles. The normalized spacial score (nSPS) is 10.1. The molecule has 1 heterocycles. The van der Waals surface area contributed by atoms with Crippen molar-refractivity contribution in [1.29, 1.82) is 0 Å². The highest BCUT2D eigenvalue weighted by Crippen LogP contribution is 2.11. The van der Waals surface area contributed by atoms with Gasteiger partial charge in [0.25, 0.3) is 0 Å². The number of aryl methyl sites for hydroxylation is 2. The van der Waals surface area contributed by atoms with Crippen molar-refractivity contribution in [2.45, 2.75) is 26.7 Å². The lowest BCUT2D eigenvalue weighted by molar-refractivity contribution is -0.386. The molecule has 76 valence electrons. The second kappa shape index (κ2) is 4.04. The molecule has 0 atom stereocenters. The first-order valence-electron chi connectivity index (χ1n) is 4.43. The molecule has 0 bridgehead atoms. The zero-order chi connectivity index (χ0) is 10.7. The molecule has 1 rings (SSSR count). The van der Waals surface area contributed by atoms with E-state index in [4.69, 9.17) is 0 Å². The van der Waals surface area contributed by atoms with Crippen molar-refractivity contribution in [3.05, 3.63) is 37.8 Å². The summed E-state index contributed by atoms with van der Waals surface area (Å²) in [5.74, 6) is 0. The maximum atomic E-state index is 11.1. The van der Waals surface area contributed by atoms with Crippen LogP contribution in [0.1, 0.15) is 24.6 Å². The van der Waals surface area contributed by atoms with Gasteiger partial charge in [0.15, 0.2) is 0 Å². The summed E-state index contributed by atoms with van der Waals surface area (Å²) >= 11 is 0. The summed E-state index contributed by atoms with van der Waals surface area (Å²) in [6, 6.07) is 1.36. The second-order valence-corrected chi connectivity index (χ2v) is 3.14. The maximum absolute atomic E-state index is 11.1. The van der Waals surface area contributed by atoms with Crippen molar-refractivity contribution in [1.82, 2.24) is 4.98 Å². The number of pyridine rings is 1. The van der Waals surface area contributed by atoms with E-state index >= 15 is 0 Å². The molecule has 5 heteroatoms. The number of aromatic nitrogens is 1. The molecule has 0 radical (unpaired) electrons. The number of rotatable bonds is 3. The fourth-order valence-corrected chi connectivity index (χ4v) is 1.32. The van der Waals surface area contributed by atoms with Crippen LogP contribution in [0.2, 0.25) is 0 Å². The molecular formula is C9H12N2O3. The predicted octanol–water partition coefficient (Wildman–Crippen LogP) is 1.54. The predicted molar refractivity (Wildman–Crippen MR) is 52.4 cm³/mol. The van der Waals surface area contributed by atoms with Gasteiger partial charge < -0.3 is 4.98 Å². The fraction of sp³-hybridized carbons (Fsp3) is 0.444. The molecule has 0 saturated heterocycles. The largest absolute Gasteiger partial charge is 0.334 e. The Bertz CT molecular complexity index is 409. The van der Waals surface area contributed by atoms with E-state index in [-0.39, 0.29) is 5.69 Å². The maximum Gasteiger partial charge on any atom is 0.334 e. The first-order valence-corrected chi connectivity index (χ1v) is 4.43. The zero-order valence-corrected chi connectivity index (χ0v) is 8.16. The van der Waals surface area contributed by atoms with E-state index in [1.54, 1.807) is 6.92 Å². The molecule has 14 heavy (non-hydrogen) atoms. The third-order valence-corrected chi connectivity index (χ3v) is 2.04. The summed E-state index contributed by atoms with van der Waals surface area (Å²) in [7, 11) is 0. The van der Waals surface area contributed by atoms with E-state index < -0.39 is 10.5 Å². The molecule has 0 aliphatic rings. The topological polar surface area (TPSA) is 76.0 Å². The van der Waals surface area contributed by atoms with Crippen molar-refractivity contribution < 1.29 is 4.92 Å². The SMILES string of the molecule is CCCc1cc([N+](=O)[O-])c(=O)[nH]c1C. The Morgan fingerprint density at radius 3 is 2.71 bits per heavy atom. The molecule has 0 fully saturated rings. The number of nitro groups is 1. The van der Waals surface area contributed by atoms with Gasteiger partial charge in [-0.2, -0.15) is 0 Å². The van der Waals surface area contributed by atoms with E-state index in [9.17, 15) is 14.9 Å². The summed E-state index contributed by atoms with van der Waals surface area (Å²) in [5.41, 5.74) is 0.535. The monoisotopic (exact) mass is 196 g/mol. The van der Waals surface area contributed by atoms with Gasteiger partial charge in [-0.05, 0) is 18.9 Å². The van der Waals surface area contributed by atoms with E-state index in [2.05, 4.69) is 4.98 Å². The second-order valence-electron chi connectivity index (χ2n) is 3.14. The van der Waals surface area contributed by atoms with Crippen LogP contribution in [0.5, 0.6) is 0 Å². The van der Waals surface area contributed by atoms with Crippen LogP contribution in [0.4, 0.5) is 5.69 Å². The van der Waals surface area contributed by atoms with Crippen molar-refractivity contribution in [3.63, 3.8) is 0 Å². The summed E-state index contributed by atoms with van der Waals surface area (Å²) in [4.78, 5) is 23.4. The Morgan fingerprint density at radius 2 is 2.21 bits per heavy atom. The van der Waals surface area contributed by atoms with E-state index in [1.165, 1.54) is 6.07 Å². The molecule has 0 aliphatic heterocycles. The van der Waals surface area contributed by atoms with Crippen molar-refractivity contribution in [2.75, 3.05) is 0 Å². The first kappa shape index (κ1) is 10.4. The Morgan fingerprint density at radius 1 is 1.57 bits per heavy atom. The van der Waals surface area contributed by atoms with Crippen LogP contribution in [0.15, 0.2) is 10.9 Å². The number of aromatic amines is 1. The minimum atomic E-state index is -0.655. The molecule has 0 spiro atoms. The number of hydrogen-bond donors (Lipinski definition) is 1. The van der Waals surface area contributed by atoms with E-state index in [0.29, 0.717) is 5.69 Å². The van der Waals surface area contributed by atoms with Gasteiger partial charge in [0.1, 0.15) is 0 Å². The van der Waals surface area contributed by atoms with Gasteiger partial charge in [-0.1, -0.05) is 13.3 Å². The molecule has 1 aromatic rings. The van der Waals surface area contributed by atoms with Gasteiger partial charge in [-0.3, -0.25) is 14.9 Å². The molecule has 5 nitrogen and oxygen atoms in total. The van der Waals surface area contributed by atoms with E-state index in [1.807, 2.05) is 6.92 Å². The quantitative estimate of drug-likeness (QED) is 0.588. The molecule has 1 aromatic heterocycles. The Labute approximate surface area is 80.9 Å². The van der Waals surface area contributed by atoms with Crippen molar-refractivity contribution in [2.24, 2.45) is 0 Å². The lowest BCUT2D eigenvalue weighted by atomic mass is 10.1. The van der Waals surface area contributed by atoms with Crippen LogP contribution in [0.25, 0.3) is 0 Å². The fourth-order valence-electron chi connectivity index (χ4n) is 1.32. The van der Waals surface area contributed by atoms with Gasteiger partial charge in [0.05, 0.1) is 4.92 Å². The Kier molecular flexibility index (Phi) is 3.01. The smallest absolute Gasteiger partial charge is 0.320 e. The third-order valence-electron chi connectivity index (χ3n) is 2.04. The van der Waals surface area contributed by atoms with Crippen LogP contribution < -0.4 is 5.56 Å². The van der Waals surface area contributed by atoms with Crippen molar-refractivity contribution in [3.8, 4) is 0 Å². The summed E-state index contributed by atoms with van der Waals surface area (Å²) in [6.07, 6.45) is 1.63. The number of nitrogens with zero attached hydrogens (tertiary/aromatic N) is 1. The Balaban J connectivity index is 3.27. The molecule has 1 N–H and O–H groups in total. The standard InChI is InChI=1S/C9H12N2O3/c1-3-4-7-5-8(11(13)14)9(12)10-6(7)2/h5H,3-4H2,1-2H3,(H,10,12). The Hall–Kier alpha value is -1.65. The lowest BCUT2D eigenvalue weighted by Gasteiger charge is -2.02. The van der Waals surface area contributed by atoms with E-state index in [0.717, 1.165) is 18.4 Å². The van der Waals surface area contributed by atoms with Gasteiger partial charge in [-0.25, -0.2) is 0 Å². The van der Waals surface area contributed by atoms with Crippen LogP contribution >= 0.6 is 0 Å². The molecule has 0 saturated carbocycles. The van der Waals surface area contributed by atoms with Gasteiger partial charge in [0.2, 0.25) is 0 Å². The highest BCUT2D eigenvalue weighted by atomic mass is 16.6. The van der Waals surface area contributed by atoms with Crippen LogP contribution in [-0.2, 0) is 6.42 Å². The summed E-state index contributed by atoms with van der Waals surface area (Å²) in [5, 5.41) is 10.5. The number of H-pyrrole nitrogens is 1. The van der Waals surface area contributed by atoms with Crippen molar-refractivity contribution >= 4 is 5.69 Å².